The molecule has 0 spiro atoms. The van der Waals surface area contributed by atoms with E-state index in [1.807, 2.05) is 44.2 Å². The Balaban J connectivity index is 1.88. The van der Waals surface area contributed by atoms with Crippen LogP contribution in [0.1, 0.15) is 31.4 Å². The minimum absolute atomic E-state index is 0.125. The van der Waals surface area contributed by atoms with Crippen LogP contribution in [0.25, 0.3) is 0 Å². The molecule has 2 amide bonds. The van der Waals surface area contributed by atoms with Crippen LogP contribution >= 0.6 is 11.6 Å². The third-order valence-corrected chi connectivity index (χ3v) is 4.40. The van der Waals surface area contributed by atoms with E-state index in [9.17, 15) is 9.59 Å². The average molecular weight is 462 g/mol. The molecule has 0 aliphatic carbocycles. The first-order chi connectivity index (χ1) is 15.4. The highest BCUT2D eigenvalue weighted by Crippen LogP contribution is 2.36. The number of carbonyl (C=O) groups excluding carboxylic acids is 2. The Morgan fingerprint density at radius 3 is 2.59 bits per heavy atom. The normalized spacial score (nSPS) is 10.9. The van der Waals surface area contributed by atoms with Crippen molar-refractivity contribution in [2.75, 3.05) is 20.3 Å². The Morgan fingerprint density at radius 1 is 1.16 bits per heavy atom. The quantitative estimate of drug-likeness (QED) is 0.231. The summed E-state index contributed by atoms with van der Waals surface area (Å²) in [4.78, 5) is 23.6. The molecule has 0 atom stereocenters. The maximum Gasteiger partial charge on any atom is 0.329 e. The maximum atomic E-state index is 11.8. The number of amides is 2. The van der Waals surface area contributed by atoms with Gasteiger partial charge in [-0.25, -0.2) is 5.43 Å². The number of carbonyl (C=O) groups is 2. The molecule has 2 rings (SSSR count). The largest absolute Gasteiger partial charge is 0.493 e. The van der Waals surface area contributed by atoms with Crippen molar-refractivity contribution < 1.29 is 23.8 Å². The summed E-state index contributed by atoms with van der Waals surface area (Å²) in [6.45, 7) is 5.03. The van der Waals surface area contributed by atoms with Gasteiger partial charge in [-0.1, -0.05) is 41.9 Å². The molecule has 0 aromatic heterocycles. The van der Waals surface area contributed by atoms with Crippen LogP contribution in [-0.2, 0) is 20.9 Å². The molecule has 172 valence electrons. The standard InChI is InChI=1S/C23H28ClN3O5/c1-16(2)31-11-7-10-25-22(28)23(29)27-26-14-18-12-19(24)21(20(13-18)30-3)32-15-17-8-5-4-6-9-17/h4-6,8-9,12-14,16H,7,10-11,15H2,1-3H3,(H,25,28)(H,27,29)/b26-14-. The van der Waals surface area contributed by atoms with E-state index >= 15 is 0 Å². The number of rotatable bonds is 11. The van der Waals surface area contributed by atoms with Crippen molar-refractivity contribution in [2.45, 2.75) is 33.0 Å². The van der Waals surface area contributed by atoms with Gasteiger partial charge >= 0.3 is 11.8 Å². The van der Waals surface area contributed by atoms with Gasteiger partial charge < -0.3 is 19.5 Å². The molecular weight excluding hydrogens is 434 g/mol. The van der Waals surface area contributed by atoms with Crippen molar-refractivity contribution in [3.63, 3.8) is 0 Å². The second-order valence-corrected chi connectivity index (χ2v) is 7.44. The molecule has 0 aliphatic heterocycles. The molecule has 2 aromatic carbocycles. The number of halogens is 1. The highest BCUT2D eigenvalue weighted by molar-refractivity contribution is 6.35. The van der Waals surface area contributed by atoms with Gasteiger partial charge in [0.15, 0.2) is 11.5 Å². The number of hydrogen-bond donors (Lipinski definition) is 2. The van der Waals surface area contributed by atoms with Gasteiger partial charge in [0, 0.05) is 13.2 Å². The van der Waals surface area contributed by atoms with Crippen LogP contribution in [0.3, 0.4) is 0 Å². The van der Waals surface area contributed by atoms with Crippen LogP contribution in [0.2, 0.25) is 5.02 Å². The van der Waals surface area contributed by atoms with Crippen LogP contribution in [0, 0.1) is 0 Å². The second kappa shape index (κ2) is 13.3. The summed E-state index contributed by atoms with van der Waals surface area (Å²) in [5.74, 6) is -0.818. The molecule has 0 saturated heterocycles. The lowest BCUT2D eigenvalue weighted by molar-refractivity contribution is -0.139. The van der Waals surface area contributed by atoms with Gasteiger partial charge in [0.25, 0.3) is 0 Å². The third-order valence-electron chi connectivity index (χ3n) is 4.12. The Kier molecular flexibility index (Phi) is 10.5. The molecule has 0 unspecified atom stereocenters. The van der Waals surface area contributed by atoms with Gasteiger partial charge in [-0.15, -0.1) is 0 Å². The predicted molar refractivity (Wildman–Crippen MR) is 123 cm³/mol. The van der Waals surface area contributed by atoms with Crippen molar-refractivity contribution in [3.05, 3.63) is 58.6 Å². The highest BCUT2D eigenvalue weighted by Gasteiger charge is 2.13. The van der Waals surface area contributed by atoms with Gasteiger partial charge in [-0.05, 0) is 43.5 Å². The number of nitrogens with zero attached hydrogens (tertiary/aromatic N) is 1. The van der Waals surface area contributed by atoms with Gasteiger partial charge in [0.1, 0.15) is 6.61 Å². The van der Waals surface area contributed by atoms with Crippen LogP contribution in [0.4, 0.5) is 0 Å². The molecule has 0 heterocycles. The van der Waals surface area contributed by atoms with E-state index in [2.05, 4.69) is 15.8 Å². The fourth-order valence-corrected chi connectivity index (χ4v) is 2.85. The zero-order chi connectivity index (χ0) is 23.3. The number of hydrogen-bond acceptors (Lipinski definition) is 6. The Morgan fingerprint density at radius 2 is 1.91 bits per heavy atom. The summed E-state index contributed by atoms with van der Waals surface area (Å²) in [5.41, 5.74) is 3.73. The Labute approximate surface area is 192 Å². The molecule has 8 nitrogen and oxygen atoms in total. The summed E-state index contributed by atoms with van der Waals surface area (Å²) in [7, 11) is 1.50. The monoisotopic (exact) mass is 461 g/mol. The van der Waals surface area contributed by atoms with E-state index in [1.165, 1.54) is 13.3 Å². The van der Waals surface area contributed by atoms with E-state index in [1.54, 1.807) is 12.1 Å². The topological polar surface area (TPSA) is 98.2 Å². The third kappa shape index (κ3) is 8.56. The first-order valence-corrected chi connectivity index (χ1v) is 10.6. The SMILES string of the molecule is COc1cc(/C=N\NC(=O)C(=O)NCCCOC(C)C)cc(Cl)c1OCc1ccccc1. The Hall–Kier alpha value is -3.10. The summed E-state index contributed by atoms with van der Waals surface area (Å²) in [6.07, 6.45) is 2.09. The summed E-state index contributed by atoms with van der Waals surface area (Å²) in [6, 6.07) is 12.9. The molecule has 2 N–H and O–H groups in total. The lowest BCUT2D eigenvalue weighted by Gasteiger charge is -2.13. The van der Waals surface area contributed by atoms with Gasteiger partial charge in [0.05, 0.1) is 24.5 Å². The van der Waals surface area contributed by atoms with Crippen LogP contribution < -0.4 is 20.2 Å². The van der Waals surface area contributed by atoms with E-state index in [0.717, 1.165) is 5.56 Å². The second-order valence-electron chi connectivity index (χ2n) is 7.04. The average Bonchev–Trinajstić information content (AvgIpc) is 2.78. The molecule has 2 aromatic rings. The van der Waals surface area contributed by atoms with Gasteiger partial charge in [-0.3, -0.25) is 9.59 Å². The zero-order valence-corrected chi connectivity index (χ0v) is 19.1. The summed E-state index contributed by atoms with van der Waals surface area (Å²) >= 11 is 6.35. The molecule has 0 radical (unpaired) electrons. The lowest BCUT2D eigenvalue weighted by Crippen LogP contribution is -2.38. The number of ether oxygens (including phenoxy) is 3. The first kappa shape index (κ1) is 25.2. The molecule has 32 heavy (non-hydrogen) atoms. The Bertz CT molecular complexity index is 919. The van der Waals surface area contributed by atoms with E-state index in [4.69, 9.17) is 25.8 Å². The van der Waals surface area contributed by atoms with E-state index in [-0.39, 0.29) is 6.10 Å². The summed E-state index contributed by atoms with van der Waals surface area (Å²) in [5, 5.41) is 6.64. The lowest BCUT2D eigenvalue weighted by atomic mass is 10.2. The molecule has 0 aliphatic rings. The van der Waals surface area contributed by atoms with Crippen LogP contribution in [-0.4, -0.2) is 44.4 Å². The number of benzene rings is 2. The van der Waals surface area contributed by atoms with Crippen molar-refractivity contribution in [1.82, 2.24) is 10.7 Å². The maximum absolute atomic E-state index is 11.8. The minimum Gasteiger partial charge on any atom is -0.493 e. The van der Waals surface area contributed by atoms with E-state index in [0.29, 0.717) is 48.3 Å². The first-order valence-electron chi connectivity index (χ1n) is 10.2. The van der Waals surface area contributed by atoms with Gasteiger partial charge in [0.2, 0.25) is 0 Å². The number of hydrazone groups is 1. The number of methoxy groups -OCH3 is 1. The zero-order valence-electron chi connectivity index (χ0n) is 18.4. The highest BCUT2D eigenvalue weighted by atomic mass is 35.5. The number of nitrogens with one attached hydrogen (secondary N) is 2. The minimum atomic E-state index is -0.869. The molecule has 0 saturated carbocycles. The predicted octanol–water partition coefficient (Wildman–Crippen LogP) is 3.31. The van der Waals surface area contributed by atoms with Crippen molar-refractivity contribution in [1.29, 1.82) is 0 Å². The van der Waals surface area contributed by atoms with Gasteiger partial charge in [-0.2, -0.15) is 5.10 Å². The van der Waals surface area contributed by atoms with Crippen molar-refractivity contribution >= 4 is 29.6 Å². The van der Waals surface area contributed by atoms with Crippen LogP contribution in [0.15, 0.2) is 47.6 Å². The molecule has 9 heteroatoms. The van der Waals surface area contributed by atoms with Crippen molar-refractivity contribution in [2.24, 2.45) is 5.10 Å². The fraction of sp³-hybridized carbons (Fsp3) is 0.348. The fourth-order valence-electron chi connectivity index (χ4n) is 2.57. The molecular formula is C23H28ClN3O5. The summed E-state index contributed by atoms with van der Waals surface area (Å²) < 4.78 is 16.5. The van der Waals surface area contributed by atoms with Crippen molar-refractivity contribution in [3.8, 4) is 11.5 Å². The molecule has 0 fully saturated rings. The smallest absolute Gasteiger partial charge is 0.329 e. The van der Waals surface area contributed by atoms with E-state index < -0.39 is 11.8 Å². The molecule has 0 bridgehead atoms. The van der Waals surface area contributed by atoms with Crippen LogP contribution in [0.5, 0.6) is 11.5 Å².